The number of carboxylic acid groups (broad SMARTS) is 3. The molecule has 0 bridgehead atoms. The number of rotatable bonds is 12. The van der Waals surface area contributed by atoms with E-state index in [1.807, 2.05) is 5.32 Å². The van der Waals surface area contributed by atoms with Gasteiger partial charge in [0, 0.05) is 6.54 Å². The van der Waals surface area contributed by atoms with Crippen molar-refractivity contribution in [2.24, 2.45) is 11.5 Å². The number of carbonyl (C=O) groups excluding carboxylic acids is 4. The molecule has 178 valence electrons. The average Bonchev–Trinajstić information content (AvgIpc) is 3.14. The topological polar surface area (TPSA) is 260 Å². The van der Waals surface area contributed by atoms with Crippen LogP contribution in [0.4, 0.5) is 0 Å². The lowest BCUT2D eigenvalue weighted by atomic mass is 10.1. The van der Waals surface area contributed by atoms with Gasteiger partial charge in [0.1, 0.15) is 18.1 Å². The molecular formula is C17H25N5O10. The fourth-order valence-electron chi connectivity index (χ4n) is 3.11. The van der Waals surface area contributed by atoms with E-state index in [0.717, 1.165) is 4.90 Å². The molecule has 0 saturated carbocycles. The molecule has 1 rings (SSSR count). The van der Waals surface area contributed by atoms with Crippen molar-refractivity contribution in [1.82, 2.24) is 15.5 Å². The van der Waals surface area contributed by atoms with Gasteiger partial charge in [-0.1, -0.05) is 0 Å². The summed E-state index contributed by atoms with van der Waals surface area (Å²) in [5, 5.41) is 31.1. The zero-order valence-corrected chi connectivity index (χ0v) is 16.9. The zero-order valence-electron chi connectivity index (χ0n) is 16.9. The van der Waals surface area contributed by atoms with E-state index in [4.69, 9.17) is 26.8 Å². The first-order chi connectivity index (χ1) is 14.8. The maximum absolute atomic E-state index is 12.9. The summed E-state index contributed by atoms with van der Waals surface area (Å²) in [7, 11) is 0. The lowest BCUT2D eigenvalue weighted by molar-refractivity contribution is -0.149. The predicted molar refractivity (Wildman–Crippen MR) is 103 cm³/mol. The minimum Gasteiger partial charge on any atom is -0.481 e. The number of carbonyl (C=O) groups is 7. The number of hydrogen-bond acceptors (Lipinski definition) is 8. The summed E-state index contributed by atoms with van der Waals surface area (Å²) in [5.41, 5.74) is 10.4. The maximum atomic E-state index is 12.9. The Labute approximate surface area is 181 Å². The van der Waals surface area contributed by atoms with E-state index in [9.17, 15) is 33.6 Å². The number of primary amides is 1. The molecule has 0 aromatic heterocycles. The standard InChI is InChI=1S/C17H25N5O10/c18-7(4-11(19)23)14(28)20-8(5-12(24)25)16(30)22-3-1-2-10(22)15(29)21-9(17(31)32)6-13(26)27/h7-10H,1-6,18H2,(H2,19,23)(H,20,28)(H,21,29)(H,24,25)(H,26,27)(H,31,32). The molecule has 32 heavy (non-hydrogen) atoms. The summed E-state index contributed by atoms with van der Waals surface area (Å²) < 4.78 is 0. The SMILES string of the molecule is NC(=O)CC(N)C(=O)NC(CC(=O)O)C(=O)N1CCCC1C(=O)NC(CC(=O)O)C(=O)O. The van der Waals surface area contributed by atoms with Gasteiger partial charge < -0.3 is 42.3 Å². The van der Waals surface area contributed by atoms with E-state index >= 15 is 0 Å². The van der Waals surface area contributed by atoms with Crippen molar-refractivity contribution in [3.05, 3.63) is 0 Å². The Hall–Kier alpha value is -3.75. The van der Waals surface area contributed by atoms with E-state index < -0.39 is 85.0 Å². The summed E-state index contributed by atoms with van der Waals surface area (Å²) in [4.78, 5) is 82.6. The fourth-order valence-corrected chi connectivity index (χ4v) is 3.11. The number of carboxylic acids is 3. The van der Waals surface area contributed by atoms with Gasteiger partial charge in [0.05, 0.1) is 25.3 Å². The first-order valence-corrected chi connectivity index (χ1v) is 9.45. The van der Waals surface area contributed by atoms with Crippen LogP contribution in [-0.4, -0.2) is 92.5 Å². The van der Waals surface area contributed by atoms with Gasteiger partial charge in [-0.25, -0.2) is 4.79 Å². The molecule has 4 amide bonds. The number of nitrogens with zero attached hydrogens (tertiary/aromatic N) is 1. The molecule has 1 aliphatic rings. The van der Waals surface area contributed by atoms with Crippen LogP contribution in [-0.2, 0) is 33.6 Å². The van der Waals surface area contributed by atoms with Crippen LogP contribution in [0.5, 0.6) is 0 Å². The minimum absolute atomic E-state index is 0.00686. The molecule has 0 radical (unpaired) electrons. The molecule has 1 saturated heterocycles. The third-order valence-electron chi connectivity index (χ3n) is 4.58. The fraction of sp³-hybridized carbons (Fsp3) is 0.588. The number of nitrogens with one attached hydrogen (secondary N) is 2. The van der Waals surface area contributed by atoms with Crippen molar-refractivity contribution < 1.29 is 48.9 Å². The van der Waals surface area contributed by atoms with Crippen LogP contribution in [0.1, 0.15) is 32.1 Å². The highest BCUT2D eigenvalue weighted by atomic mass is 16.4. The zero-order chi connectivity index (χ0) is 24.6. The normalized spacial score (nSPS) is 18.2. The monoisotopic (exact) mass is 459 g/mol. The molecule has 9 N–H and O–H groups in total. The smallest absolute Gasteiger partial charge is 0.326 e. The van der Waals surface area contributed by atoms with Gasteiger partial charge in [-0.15, -0.1) is 0 Å². The molecule has 1 heterocycles. The van der Waals surface area contributed by atoms with Crippen molar-refractivity contribution in [3.63, 3.8) is 0 Å². The number of hydrogen-bond donors (Lipinski definition) is 7. The van der Waals surface area contributed by atoms with E-state index in [0.29, 0.717) is 6.42 Å². The van der Waals surface area contributed by atoms with Gasteiger partial charge in [-0.3, -0.25) is 28.8 Å². The first kappa shape index (κ1) is 26.3. The van der Waals surface area contributed by atoms with Crippen molar-refractivity contribution in [1.29, 1.82) is 0 Å². The highest BCUT2D eigenvalue weighted by Crippen LogP contribution is 2.20. The predicted octanol–water partition coefficient (Wildman–Crippen LogP) is -3.82. The Morgan fingerprint density at radius 2 is 1.47 bits per heavy atom. The largest absolute Gasteiger partial charge is 0.481 e. The van der Waals surface area contributed by atoms with Gasteiger partial charge in [-0.05, 0) is 12.8 Å². The Bertz CT molecular complexity index is 801. The Kier molecular flexibility index (Phi) is 9.52. The molecule has 15 nitrogen and oxygen atoms in total. The molecule has 1 aliphatic heterocycles. The second kappa shape index (κ2) is 11.6. The Morgan fingerprint density at radius 3 is 1.97 bits per heavy atom. The summed E-state index contributed by atoms with van der Waals surface area (Å²) in [6, 6.07) is -5.99. The van der Waals surface area contributed by atoms with Gasteiger partial charge in [0.25, 0.3) is 0 Å². The molecule has 4 atom stereocenters. The maximum Gasteiger partial charge on any atom is 0.326 e. The van der Waals surface area contributed by atoms with Crippen LogP contribution in [0.15, 0.2) is 0 Å². The van der Waals surface area contributed by atoms with E-state index in [2.05, 4.69) is 5.32 Å². The van der Waals surface area contributed by atoms with Crippen LogP contribution in [0.3, 0.4) is 0 Å². The molecule has 15 heteroatoms. The van der Waals surface area contributed by atoms with Crippen LogP contribution < -0.4 is 22.1 Å². The Balaban J connectivity index is 2.97. The van der Waals surface area contributed by atoms with E-state index in [1.54, 1.807) is 0 Å². The number of nitrogens with two attached hydrogens (primary N) is 2. The van der Waals surface area contributed by atoms with Crippen molar-refractivity contribution in [2.45, 2.75) is 56.3 Å². The third kappa shape index (κ3) is 7.82. The molecule has 0 aromatic carbocycles. The van der Waals surface area contributed by atoms with Gasteiger partial charge in [-0.2, -0.15) is 0 Å². The minimum atomic E-state index is -1.74. The Morgan fingerprint density at radius 1 is 0.906 bits per heavy atom. The van der Waals surface area contributed by atoms with Crippen LogP contribution in [0.2, 0.25) is 0 Å². The molecule has 0 aliphatic carbocycles. The van der Waals surface area contributed by atoms with Gasteiger partial charge in [0.15, 0.2) is 0 Å². The van der Waals surface area contributed by atoms with Crippen molar-refractivity contribution >= 4 is 41.5 Å². The van der Waals surface area contributed by atoms with E-state index in [1.165, 1.54) is 0 Å². The summed E-state index contributed by atoms with van der Waals surface area (Å²) in [5.74, 6) is -8.26. The molecule has 4 unspecified atom stereocenters. The second-order valence-electron chi connectivity index (χ2n) is 7.12. The van der Waals surface area contributed by atoms with Crippen LogP contribution >= 0.6 is 0 Å². The van der Waals surface area contributed by atoms with Gasteiger partial charge >= 0.3 is 17.9 Å². The lowest BCUT2D eigenvalue weighted by Gasteiger charge is -2.29. The van der Waals surface area contributed by atoms with E-state index in [-0.39, 0.29) is 13.0 Å². The summed E-state index contributed by atoms with van der Waals surface area (Å²) >= 11 is 0. The molecule has 0 spiro atoms. The number of aliphatic carboxylic acids is 3. The first-order valence-electron chi connectivity index (χ1n) is 9.45. The number of amides is 4. The lowest BCUT2D eigenvalue weighted by Crippen LogP contribution is -2.57. The average molecular weight is 459 g/mol. The summed E-state index contributed by atoms with van der Waals surface area (Å²) in [6.07, 6.45) is -1.87. The highest BCUT2D eigenvalue weighted by molar-refractivity contribution is 5.97. The summed E-state index contributed by atoms with van der Waals surface area (Å²) in [6.45, 7) is 0.00686. The molecule has 1 fully saturated rings. The van der Waals surface area contributed by atoms with Crippen LogP contribution in [0, 0.1) is 0 Å². The van der Waals surface area contributed by atoms with Crippen molar-refractivity contribution in [3.8, 4) is 0 Å². The molecule has 0 aromatic rings. The third-order valence-corrected chi connectivity index (χ3v) is 4.58. The number of likely N-dealkylation sites (tertiary alicyclic amines) is 1. The molecular weight excluding hydrogens is 434 g/mol. The van der Waals surface area contributed by atoms with Crippen LogP contribution in [0.25, 0.3) is 0 Å². The highest BCUT2D eigenvalue weighted by Gasteiger charge is 2.40. The van der Waals surface area contributed by atoms with Gasteiger partial charge in [0.2, 0.25) is 23.6 Å². The quantitative estimate of drug-likeness (QED) is 0.149. The van der Waals surface area contributed by atoms with Crippen molar-refractivity contribution in [2.75, 3.05) is 6.54 Å². The second-order valence-corrected chi connectivity index (χ2v) is 7.12.